The first kappa shape index (κ1) is 19.5. The maximum atomic E-state index is 12.9. The summed E-state index contributed by atoms with van der Waals surface area (Å²) < 4.78 is 5.74. The number of hydrogen-bond donors (Lipinski definition) is 2. The van der Waals surface area contributed by atoms with Crippen LogP contribution in [0.4, 0.5) is 5.69 Å². The molecular formula is C19H26ClN5O2. The van der Waals surface area contributed by atoms with Crippen molar-refractivity contribution in [3.63, 3.8) is 0 Å². The smallest absolute Gasteiger partial charge is 0.274 e. The number of fused-ring (bicyclic) bond motifs is 1. The van der Waals surface area contributed by atoms with Crippen molar-refractivity contribution in [1.82, 2.24) is 20.4 Å². The number of aromatic nitrogens is 2. The summed E-state index contributed by atoms with van der Waals surface area (Å²) in [6, 6.07) is 8.10. The molecule has 0 saturated carbocycles. The molecule has 1 amide bonds. The minimum absolute atomic E-state index is 0. The Bertz CT molecular complexity index is 786. The third kappa shape index (κ3) is 3.89. The van der Waals surface area contributed by atoms with Gasteiger partial charge in [-0.2, -0.15) is 5.10 Å². The molecule has 0 aliphatic carbocycles. The second kappa shape index (κ2) is 8.63. The van der Waals surface area contributed by atoms with Crippen LogP contribution >= 0.6 is 12.4 Å². The van der Waals surface area contributed by atoms with E-state index in [0.717, 1.165) is 48.7 Å². The van der Waals surface area contributed by atoms with Crippen molar-refractivity contribution < 1.29 is 9.53 Å². The highest BCUT2D eigenvalue weighted by Gasteiger charge is 2.28. The number of ether oxygens (including phenoxy) is 1. The van der Waals surface area contributed by atoms with Crippen molar-refractivity contribution in [2.24, 2.45) is 0 Å². The van der Waals surface area contributed by atoms with Gasteiger partial charge < -0.3 is 19.9 Å². The number of amides is 1. The fraction of sp³-hybridized carbons (Fsp3) is 0.474. The molecule has 3 heterocycles. The minimum Gasteiger partial charge on any atom is -0.492 e. The molecule has 1 aromatic heterocycles. The van der Waals surface area contributed by atoms with Crippen LogP contribution in [-0.2, 0) is 13.0 Å². The van der Waals surface area contributed by atoms with Crippen LogP contribution in [0.25, 0.3) is 0 Å². The zero-order valence-electron chi connectivity index (χ0n) is 15.5. The van der Waals surface area contributed by atoms with E-state index in [4.69, 9.17) is 4.74 Å². The van der Waals surface area contributed by atoms with Gasteiger partial charge in [0.15, 0.2) is 5.69 Å². The summed E-state index contributed by atoms with van der Waals surface area (Å²) in [5.74, 6) is 0.936. The van der Waals surface area contributed by atoms with Crippen LogP contribution in [-0.4, -0.2) is 60.3 Å². The van der Waals surface area contributed by atoms with E-state index < -0.39 is 0 Å². The molecule has 1 aromatic carbocycles. The Morgan fingerprint density at radius 3 is 2.78 bits per heavy atom. The van der Waals surface area contributed by atoms with Crippen molar-refractivity contribution in [1.29, 1.82) is 0 Å². The molecule has 1 saturated heterocycles. The van der Waals surface area contributed by atoms with Gasteiger partial charge in [0, 0.05) is 56.9 Å². The predicted octanol–water partition coefficient (Wildman–Crippen LogP) is 1.84. The van der Waals surface area contributed by atoms with Crippen molar-refractivity contribution >= 4 is 24.0 Å². The average Bonchev–Trinajstić information content (AvgIpc) is 3.12. The normalized spacial score (nSPS) is 16.5. The number of piperazine rings is 1. The number of hydrogen-bond acceptors (Lipinski definition) is 5. The van der Waals surface area contributed by atoms with Gasteiger partial charge in [0.05, 0.1) is 12.3 Å². The quantitative estimate of drug-likeness (QED) is 0.832. The van der Waals surface area contributed by atoms with Gasteiger partial charge in [-0.1, -0.05) is 12.1 Å². The van der Waals surface area contributed by atoms with E-state index in [-0.39, 0.29) is 18.3 Å². The number of H-pyrrole nitrogens is 1. The van der Waals surface area contributed by atoms with Crippen LogP contribution < -0.4 is 15.0 Å². The highest BCUT2D eigenvalue weighted by molar-refractivity contribution is 5.94. The van der Waals surface area contributed by atoms with Crippen molar-refractivity contribution in [2.75, 3.05) is 44.2 Å². The molecule has 0 bridgehead atoms. The Morgan fingerprint density at radius 2 is 2.00 bits per heavy atom. The third-order valence-electron chi connectivity index (χ3n) is 5.08. The number of nitrogens with one attached hydrogen (secondary N) is 2. The van der Waals surface area contributed by atoms with Gasteiger partial charge in [-0.3, -0.25) is 9.89 Å². The van der Waals surface area contributed by atoms with E-state index in [0.29, 0.717) is 31.9 Å². The highest BCUT2D eigenvalue weighted by Crippen LogP contribution is 2.29. The number of carbonyl (C=O) groups excluding carboxylic acids is 1. The van der Waals surface area contributed by atoms with Crippen LogP contribution in [0.15, 0.2) is 24.3 Å². The summed E-state index contributed by atoms with van der Waals surface area (Å²) in [5, 5.41) is 10.7. The molecule has 146 valence electrons. The van der Waals surface area contributed by atoms with Crippen LogP contribution in [0.1, 0.15) is 28.7 Å². The second-order valence-corrected chi connectivity index (χ2v) is 6.64. The molecular weight excluding hydrogens is 366 g/mol. The maximum Gasteiger partial charge on any atom is 0.274 e. The van der Waals surface area contributed by atoms with E-state index in [2.05, 4.69) is 26.5 Å². The van der Waals surface area contributed by atoms with E-state index in [9.17, 15) is 4.79 Å². The van der Waals surface area contributed by atoms with Crippen molar-refractivity contribution in [3.05, 3.63) is 41.2 Å². The number of halogens is 1. The molecule has 4 rings (SSSR count). The molecule has 2 aromatic rings. The van der Waals surface area contributed by atoms with Gasteiger partial charge in [-0.05, 0) is 19.1 Å². The molecule has 2 aliphatic rings. The molecule has 2 N–H and O–H groups in total. The van der Waals surface area contributed by atoms with E-state index in [1.54, 1.807) is 0 Å². The molecule has 8 heteroatoms. The lowest BCUT2D eigenvalue weighted by molar-refractivity contribution is 0.0739. The zero-order valence-corrected chi connectivity index (χ0v) is 16.3. The summed E-state index contributed by atoms with van der Waals surface area (Å²) in [4.78, 5) is 17.1. The standard InChI is InChI=1S/C19H25N5O2.ClH/c1-2-26-17-6-4-3-5-16(17)23-9-11-24(12-10-23)19(25)18-14-13-20-8-7-15(14)21-22-18;/h3-6,20H,2,7-13H2,1H3,(H,21,22);1H. The van der Waals surface area contributed by atoms with Gasteiger partial charge in [0.25, 0.3) is 5.91 Å². The molecule has 27 heavy (non-hydrogen) atoms. The van der Waals surface area contributed by atoms with Gasteiger partial charge in [-0.25, -0.2) is 0 Å². The van der Waals surface area contributed by atoms with E-state index in [1.807, 2.05) is 30.0 Å². The second-order valence-electron chi connectivity index (χ2n) is 6.64. The Morgan fingerprint density at radius 1 is 1.22 bits per heavy atom. The Kier molecular flexibility index (Phi) is 6.23. The first-order valence-electron chi connectivity index (χ1n) is 9.30. The van der Waals surface area contributed by atoms with Crippen LogP contribution in [0.2, 0.25) is 0 Å². The fourth-order valence-electron chi connectivity index (χ4n) is 3.70. The topological polar surface area (TPSA) is 73.5 Å². The predicted molar refractivity (Wildman–Crippen MR) is 107 cm³/mol. The van der Waals surface area contributed by atoms with Gasteiger partial charge in [-0.15, -0.1) is 12.4 Å². The fourth-order valence-corrected chi connectivity index (χ4v) is 3.70. The van der Waals surface area contributed by atoms with Gasteiger partial charge in [0.2, 0.25) is 0 Å². The molecule has 2 aliphatic heterocycles. The summed E-state index contributed by atoms with van der Waals surface area (Å²) in [5.41, 5.74) is 3.81. The first-order chi connectivity index (χ1) is 12.8. The SMILES string of the molecule is CCOc1ccccc1N1CCN(C(=O)c2n[nH]c3c2CNCC3)CC1.Cl. The summed E-state index contributed by atoms with van der Waals surface area (Å²) in [7, 11) is 0. The number of rotatable bonds is 4. The van der Waals surface area contributed by atoms with Gasteiger partial charge >= 0.3 is 0 Å². The van der Waals surface area contributed by atoms with Crippen molar-refractivity contribution in [2.45, 2.75) is 19.9 Å². The number of benzene rings is 1. The molecule has 0 radical (unpaired) electrons. The molecule has 0 spiro atoms. The van der Waals surface area contributed by atoms with Crippen LogP contribution in [0.3, 0.4) is 0 Å². The van der Waals surface area contributed by atoms with Crippen molar-refractivity contribution in [3.8, 4) is 5.75 Å². The Balaban J connectivity index is 0.00000210. The number of nitrogens with zero attached hydrogens (tertiary/aromatic N) is 3. The Labute approximate surface area is 165 Å². The van der Waals surface area contributed by atoms with Gasteiger partial charge in [0.1, 0.15) is 5.75 Å². The van der Waals surface area contributed by atoms with E-state index >= 15 is 0 Å². The average molecular weight is 392 g/mol. The summed E-state index contributed by atoms with van der Waals surface area (Å²) in [6.45, 7) is 7.25. The number of anilines is 1. The lowest BCUT2D eigenvalue weighted by Gasteiger charge is -2.36. The molecule has 1 fully saturated rings. The Hall–Kier alpha value is -2.25. The first-order valence-corrected chi connectivity index (χ1v) is 9.30. The lowest BCUT2D eigenvalue weighted by atomic mass is 10.1. The molecule has 7 nitrogen and oxygen atoms in total. The van der Waals surface area contributed by atoms with Crippen LogP contribution in [0, 0.1) is 0 Å². The van der Waals surface area contributed by atoms with E-state index in [1.165, 1.54) is 0 Å². The number of aromatic amines is 1. The zero-order chi connectivity index (χ0) is 17.9. The maximum absolute atomic E-state index is 12.9. The largest absolute Gasteiger partial charge is 0.492 e. The lowest BCUT2D eigenvalue weighted by Crippen LogP contribution is -2.49. The summed E-state index contributed by atoms with van der Waals surface area (Å²) in [6.07, 6.45) is 0.900. The van der Waals surface area contributed by atoms with Crippen LogP contribution in [0.5, 0.6) is 5.75 Å². The summed E-state index contributed by atoms with van der Waals surface area (Å²) >= 11 is 0. The minimum atomic E-state index is 0. The molecule has 0 atom stereocenters. The number of carbonyl (C=O) groups is 1. The highest BCUT2D eigenvalue weighted by atomic mass is 35.5. The monoisotopic (exact) mass is 391 g/mol. The number of para-hydroxylation sites is 2. The molecule has 0 unspecified atom stereocenters. The third-order valence-corrected chi connectivity index (χ3v) is 5.08.